The van der Waals surface area contributed by atoms with Gasteiger partial charge in [0.05, 0.1) is 24.8 Å². The van der Waals surface area contributed by atoms with Gasteiger partial charge in [0.25, 0.3) is 5.91 Å². The zero-order chi connectivity index (χ0) is 43.8. The van der Waals surface area contributed by atoms with E-state index in [1.165, 1.54) is 29.0 Å². The first-order valence-corrected chi connectivity index (χ1v) is 21.8. The third-order valence-corrected chi connectivity index (χ3v) is 12.6. The number of pyridine rings is 1. The molecule has 0 spiro atoms. The molecule has 1 aliphatic heterocycles. The van der Waals surface area contributed by atoms with E-state index < -0.39 is 17.7 Å². The van der Waals surface area contributed by atoms with E-state index in [1.54, 1.807) is 72.9 Å². The fourth-order valence-corrected chi connectivity index (χ4v) is 8.84. The molecule has 63 heavy (non-hydrogen) atoms. The van der Waals surface area contributed by atoms with Crippen molar-refractivity contribution in [3.05, 3.63) is 188 Å². The number of H-pyrrole nitrogens is 1. The first-order chi connectivity index (χ1) is 30.6. The number of aliphatic hydroxyl groups is 2. The molecule has 0 aliphatic carbocycles. The van der Waals surface area contributed by atoms with Crippen LogP contribution in [0.2, 0.25) is 0 Å². The number of ether oxygens (including phenoxy) is 1. The molecule has 5 aromatic carbocycles. The number of aromatic hydroxyl groups is 1. The second kappa shape index (κ2) is 19.7. The van der Waals surface area contributed by atoms with Crippen molar-refractivity contribution >= 4 is 34.1 Å². The molecule has 0 radical (unpaired) electrons. The number of likely N-dealkylation sites (tertiary alicyclic amines) is 1. The Balaban J connectivity index is 0.848. The third-order valence-electron chi connectivity index (χ3n) is 11.5. The quantitative estimate of drug-likeness (QED) is 0.0567. The first-order valence-electron chi connectivity index (χ1n) is 21.0. The van der Waals surface area contributed by atoms with Crippen LogP contribution in [-0.4, -0.2) is 68.3 Å². The number of thiazole rings is 1. The average Bonchev–Trinajstić information content (AvgIpc) is 3.80. The van der Waals surface area contributed by atoms with Gasteiger partial charge in [0.15, 0.2) is 0 Å². The lowest BCUT2D eigenvalue weighted by Gasteiger charge is -2.33. The van der Waals surface area contributed by atoms with Crippen molar-refractivity contribution in [3.8, 4) is 16.3 Å². The van der Waals surface area contributed by atoms with E-state index in [9.17, 15) is 29.7 Å². The Kier molecular flexibility index (Phi) is 13.5. The predicted molar refractivity (Wildman–Crippen MR) is 243 cm³/mol. The SMILES string of the molecule is O=C(NCc1cnc(-c2cccc(C(O)(C(=O)OCC3CCN(Cc4ccccc4)CC3)c3ccccc3)c2)s1)c1ccc(CNC[C@H](O)c2ccc(O)c3[nH]c(=O)ccc23)cc1. The third kappa shape index (κ3) is 10.3. The number of nitrogens with one attached hydrogen (secondary N) is 3. The van der Waals surface area contributed by atoms with Gasteiger partial charge in [0.1, 0.15) is 10.8 Å². The van der Waals surface area contributed by atoms with Crippen molar-refractivity contribution in [2.45, 2.75) is 44.2 Å². The summed E-state index contributed by atoms with van der Waals surface area (Å²) in [5.41, 5.74) is 2.65. The van der Waals surface area contributed by atoms with Crippen LogP contribution in [0.3, 0.4) is 0 Å². The van der Waals surface area contributed by atoms with Gasteiger partial charge in [-0.3, -0.25) is 14.5 Å². The summed E-state index contributed by atoms with van der Waals surface area (Å²) >= 11 is 1.41. The molecule has 0 bridgehead atoms. The van der Waals surface area contributed by atoms with Crippen LogP contribution in [0, 0.1) is 5.92 Å². The van der Waals surface area contributed by atoms with Gasteiger partial charge in [-0.15, -0.1) is 11.3 Å². The summed E-state index contributed by atoms with van der Waals surface area (Å²) in [6.07, 6.45) is 2.62. The van der Waals surface area contributed by atoms with Crippen molar-refractivity contribution in [2.75, 3.05) is 26.2 Å². The average molecular weight is 864 g/mol. The summed E-state index contributed by atoms with van der Waals surface area (Å²) in [7, 11) is 0. The van der Waals surface area contributed by atoms with E-state index in [4.69, 9.17) is 4.74 Å². The highest BCUT2D eigenvalue weighted by molar-refractivity contribution is 7.15. The number of piperidine rings is 1. The van der Waals surface area contributed by atoms with E-state index in [0.29, 0.717) is 44.8 Å². The number of phenols is 1. The van der Waals surface area contributed by atoms with Crippen LogP contribution in [0.5, 0.6) is 5.75 Å². The maximum Gasteiger partial charge on any atom is 0.347 e. The van der Waals surface area contributed by atoms with Crippen molar-refractivity contribution in [1.82, 2.24) is 25.5 Å². The van der Waals surface area contributed by atoms with Crippen molar-refractivity contribution in [2.24, 2.45) is 5.92 Å². The summed E-state index contributed by atoms with van der Waals surface area (Å²) in [4.78, 5) is 49.3. The number of aliphatic hydroxyl groups excluding tert-OH is 1. The Morgan fingerprint density at radius 3 is 2.35 bits per heavy atom. The molecule has 13 heteroatoms. The summed E-state index contributed by atoms with van der Waals surface area (Å²) in [6, 6.07) is 39.6. The number of carbonyl (C=O) groups excluding carboxylic acids is 2. The minimum atomic E-state index is -2.04. The number of hydrogen-bond donors (Lipinski definition) is 6. The van der Waals surface area contributed by atoms with E-state index in [0.717, 1.165) is 42.9 Å². The van der Waals surface area contributed by atoms with Gasteiger partial charge in [0.2, 0.25) is 11.2 Å². The molecule has 1 unspecified atom stereocenters. The number of aromatic nitrogens is 2. The Morgan fingerprint density at radius 1 is 0.857 bits per heavy atom. The minimum absolute atomic E-state index is 0.0684. The fraction of sp³-hybridized carbons (Fsp3) is 0.240. The zero-order valence-corrected chi connectivity index (χ0v) is 35.4. The molecule has 2 atom stereocenters. The molecule has 12 nitrogen and oxygen atoms in total. The van der Waals surface area contributed by atoms with E-state index >= 15 is 0 Å². The Morgan fingerprint density at radius 2 is 1.59 bits per heavy atom. The number of hydrogen-bond acceptors (Lipinski definition) is 11. The standard InChI is InChI=1S/C50H49N5O7S/c56-43-20-18-41(42-19-21-45(58)54-46(42)43)44(57)30-51-27-33-14-16-36(17-15-33)47(59)52-28-40-29-53-48(63-40)37-10-7-13-39(26-37)50(61,38-11-5-2-6-12-38)49(60)62-32-35-22-24-55(25-23-35)31-34-8-3-1-4-9-34/h1-21,26,29,35,44,51,56-57,61H,22-25,27-28,30-32H2,(H,52,59)(H,54,58)/t44-,50?/m0/s1. The normalized spacial score (nSPS) is 14.8. The molecule has 7 aromatic rings. The lowest BCUT2D eigenvalue weighted by atomic mass is 9.85. The highest BCUT2D eigenvalue weighted by Gasteiger charge is 2.42. The zero-order valence-electron chi connectivity index (χ0n) is 34.6. The lowest BCUT2D eigenvalue weighted by molar-refractivity contribution is -0.164. The first kappa shape index (κ1) is 43.2. The van der Waals surface area contributed by atoms with Gasteiger partial charge < -0.3 is 35.7 Å². The largest absolute Gasteiger partial charge is 0.506 e. The van der Waals surface area contributed by atoms with E-state index in [-0.39, 0.29) is 48.3 Å². The number of amides is 1. The number of fused-ring (bicyclic) bond motifs is 1. The van der Waals surface area contributed by atoms with Crippen LogP contribution in [-0.2, 0) is 34.8 Å². The maximum atomic E-state index is 14.0. The molecule has 1 fully saturated rings. The number of rotatable bonds is 16. The van der Waals surface area contributed by atoms with Crippen molar-refractivity contribution in [1.29, 1.82) is 0 Å². The Hall–Kier alpha value is -6.48. The van der Waals surface area contributed by atoms with Crippen LogP contribution in [0.25, 0.3) is 21.5 Å². The van der Waals surface area contributed by atoms with Crippen molar-refractivity contribution < 1.29 is 29.6 Å². The number of phenolic OH excluding ortho intramolecular Hbond substituents is 1. The summed E-state index contributed by atoms with van der Waals surface area (Å²) in [5, 5.41) is 40.7. The molecular weight excluding hydrogens is 815 g/mol. The van der Waals surface area contributed by atoms with Gasteiger partial charge in [-0.25, -0.2) is 9.78 Å². The van der Waals surface area contributed by atoms with Crippen LogP contribution in [0.15, 0.2) is 144 Å². The second-order valence-electron chi connectivity index (χ2n) is 15.9. The highest BCUT2D eigenvalue weighted by atomic mass is 32.1. The predicted octanol–water partition coefficient (Wildman–Crippen LogP) is 6.80. The van der Waals surface area contributed by atoms with E-state index in [2.05, 4.69) is 49.8 Å². The summed E-state index contributed by atoms with van der Waals surface area (Å²) in [6.45, 7) is 3.87. The van der Waals surface area contributed by atoms with Gasteiger partial charge >= 0.3 is 5.97 Å². The fourth-order valence-electron chi connectivity index (χ4n) is 7.99. The molecule has 3 heterocycles. The van der Waals surface area contributed by atoms with Crippen LogP contribution in [0.4, 0.5) is 0 Å². The molecule has 6 N–H and O–H groups in total. The van der Waals surface area contributed by atoms with E-state index in [1.807, 2.05) is 30.3 Å². The van der Waals surface area contributed by atoms with Crippen LogP contribution in [0.1, 0.15) is 62.0 Å². The molecule has 1 saturated heterocycles. The van der Waals surface area contributed by atoms with Gasteiger partial charge in [-0.1, -0.05) is 97.1 Å². The smallest absolute Gasteiger partial charge is 0.347 e. The minimum Gasteiger partial charge on any atom is -0.506 e. The topological polar surface area (TPSA) is 177 Å². The molecular formula is C50H49N5O7S. The van der Waals surface area contributed by atoms with Gasteiger partial charge in [0, 0.05) is 58.9 Å². The molecule has 322 valence electrons. The Labute approximate surface area is 368 Å². The number of carbonyl (C=O) groups is 2. The summed E-state index contributed by atoms with van der Waals surface area (Å²) < 4.78 is 5.93. The maximum absolute atomic E-state index is 14.0. The second-order valence-corrected chi connectivity index (χ2v) is 17.0. The molecule has 2 aromatic heterocycles. The van der Waals surface area contributed by atoms with Crippen LogP contribution >= 0.6 is 11.3 Å². The molecule has 1 aliphatic rings. The Bertz CT molecular complexity index is 2720. The van der Waals surface area contributed by atoms with Gasteiger partial charge in [-0.2, -0.15) is 0 Å². The number of benzene rings is 5. The highest BCUT2D eigenvalue weighted by Crippen LogP contribution is 2.35. The lowest BCUT2D eigenvalue weighted by Crippen LogP contribution is -2.40. The number of esters is 1. The molecule has 1 amide bonds. The summed E-state index contributed by atoms with van der Waals surface area (Å²) in [5.74, 6) is -0.834. The van der Waals surface area contributed by atoms with Crippen molar-refractivity contribution in [3.63, 3.8) is 0 Å². The number of nitrogens with zero attached hydrogens (tertiary/aromatic N) is 2. The van der Waals surface area contributed by atoms with Gasteiger partial charge in [-0.05, 0) is 84.4 Å². The molecule has 0 saturated carbocycles. The number of aromatic amines is 1. The molecule has 8 rings (SSSR count). The van der Waals surface area contributed by atoms with Crippen LogP contribution < -0.4 is 16.2 Å². The monoisotopic (exact) mass is 863 g/mol.